The second-order valence-electron chi connectivity index (χ2n) is 5.95. The highest BCUT2D eigenvalue weighted by Gasteiger charge is 2.28. The predicted molar refractivity (Wildman–Crippen MR) is 101 cm³/mol. The van der Waals surface area contributed by atoms with Gasteiger partial charge in [-0.15, -0.1) is 0 Å². The lowest BCUT2D eigenvalue weighted by Crippen LogP contribution is -2.20. The second kappa shape index (κ2) is 6.73. The molecule has 1 aromatic heterocycles. The number of para-hydroxylation sites is 1. The molecule has 0 spiro atoms. The Morgan fingerprint density at radius 2 is 0.923 bits per heavy atom. The molecule has 1 aliphatic rings. The summed E-state index contributed by atoms with van der Waals surface area (Å²) in [6.45, 7) is 0. The van der Waals surface area contributed by atoms with Crippen LogP contribution in [-0.2, 0) is 0 Å². The van der Waals surface area contributed by atoms with Crippen molar-refractivity contribution in [3.05, 3.63) is 113 Å². The average molecular weight is 337 g/mol. The molecule has 3 heteroatoms. The van der Waals surface area contributed by atoms with E-state index in [-0.39, 0.29) is 11.6 Å². The maximum Gasteiger partial charge on any atom is 0.194 e. The largest absolute Gasteiger partial charge is 0.289 e. The molecule has 4 aromatic rings. The summed E-state index contributed by atoms with van der Waals surface area (Å²) in [4.78, 5) is 28.4. The first-order valence-corrected chi connectivity index (χ1v) is 8.33. The van der Waals surface area contributed by atoms with Crippen LogP contribution in [0.25, 0.3) is 10.9 Å². The summed E-state index contributed by atoms with van der Waals surface area (Å²) in [6, 6.07) is 26.0. The van der Waals surface area contributed by atoms with Crippen molar-refractivity contribution in [3.8, 4) is 0 Å². The van der Waals surface area contributed by atoms with Crippen molar-refractivity contribution in [1.82, 2.24) is 4.98 Å². The summed E-state index contributed by atoms with van der Waals surface area (Å²) in [5, 5.41) is 1.20. The molecule has 0 aliphatic heterocycles. The van der Waals surface area contributed by atoms with Crippen LogP contribution in [0, 0.1) is 0 Å². The minimum absolute atomic E-state index is 0.0641. The first-order chi connectivity index (χ1) is 12.8. The molecule has 0 unspecified atom stereocenters. The molecule has 3 nitrogen and oxygen atoms in total. The quantitative estimate of drug-likeness (QED) is 0.411. The van der Waals surface area contributed by atoms with Gasteiger partial charge in [-0.05, 0) is 12.1 Å². The SMILES string of the molecule is O=C1c2ccccc2C(=O)c2ccccc21.c1ccc2ncccc2c1. The smallest absolute Gasteiger partial charge is 0.194 e. The Labute approximate surface area is 150 Å². The van der Waals surface area contributed by atoms with Crippen LogP contribution in [0.4, 0.5) is 0 Å². The van der Waals surface area contributed by atoms with E-state index < -0.39 is 0 Å². The number of pyridine rings is 1. The molecule has 26 heavy (non-hydrogen) atoms. The minimum atomic E-state index is -0.0641. The van der Waals surface area contributed by atoms with Crippen LogP contribution in [0.5, 0.6) is 0 Å². The lowest BCUT2D eigenvalue weighted by Gasteiger charge is -2.16. The third-order valence-corrected chi connectivity index (χ3v) is 4.34. The van der Waals surface area contributed by atoms with E-state index in [4.69, 9.17) is 0 Å². The van der Waals surface area contributed by atoms with Crippen molar-refractivity contribution < 1.29 is 9.59 Å². The van der Waals surface area contributed by atoms with Crippen LogP contribution in [-0.4, -0.2) is 16.6 Å². The first kappa shape index (κ1) is 15.9. The topological polar surface area (TPSA) is 47.0 Å². The number of benzene rings is 3. The Balaban J connectivity index is 0.000000144. The Morgan fingerprint density at radius 3 is 1.42 bits per heavy atom. The lowest BCUT2D eigenvalue weighted by atomic mass is 9.84. The summed E-state index contributed by atoms with van der Waals surface area (Å²) >= 11 is 0. The average Bonchev–Trinajstić information content (AvgIpc) is 2.73. The van der Waals surface area contributed by atoms with E-state index in [1.807, 2.05) is 30.5 Å². The molecule has 0 N–H and O–H groups in total. The molecule has 1 aliphatic carbocycles. The van der Waals surface area contributed by atoms with Gasteiger partial charge in [0.15, 0.2) is 11.6 Å². The van der Waals surface area contributed by atoms with E-state index in [1.54, 1.807) is 48.5 Å². The fourth-order valence-corrected chi connectivity index (χ4v) is 3.06. The fraction of sp³-hybridized carbons (Fsp3) is 0. The van der Waals surface area contributed by atoms with E-state index in [0.717, 1.165) is 5.52 Å². The number of rotatable bonds is 0. The number of carbonyl (C=O) groups excluding carboxylic acids is 2. The number of carbonyl (C=O) groups is 2. The summed E-state index contributed by atoms with van der Waals surface area (Å²) in [5.74, 6) is -0.128. The molecule has 5 rings (SSSR count). The van der Waals surface area contributed by atoms with Gasteiger partial charge in [-0.2, -0.15) is 0 Å². The Bertz CT molecular complexity index is 961. The van der Waals surface area contributed by atoms with Gasteiger partial charge < -0.3 is 0 Å². The standard InChI is InChI=1S/C14H8O2.C9H7N/c15-13-9-5-1-2-6-10(9)14(16)12-8-4-3-7-11(12)13;1-2-6-9-8(4-1)5-3-7-10-9/h1-8H;1-7H. The first-order valence-electron chi connectivity index (χ1n) is 8.33. The number of fused-ring (bicyclic) bond motifs is 3. The van der Waals surface area contributed by atoms with Gasteiger partial charge in [0, 0.05) is 33.8 Å². The van der Waals surface area contributed by atoms with Crippen molar-refractivity contribution in [1.29, 1.82) is 0 Å². The summed E-state index contributed by atoms with van der Waals surface area (Å²) in [7, 11) is 0. The van der Waals surface area contributed by atoms with Gasteiger partial charge >= 0.3 is 0 Å². The summed E-state index contributed by atoms with van der Waals surface area (Å²) in [6.07, 6.45) is 1.81. The summed E-state index contributed by atoms with van der Waals surface area (Å²) in [5.41, 5.74) is 3.08. The van der Waals surface area contributed by atoms with Gasteiger partial charge in [0.1, 0.15) is 0 Å². The molecule has 0 atom stereocenters. The van der Waals surface area contributed by atoms with Gasteiger partial charge in [0.25, 0.3) is 0 Å². The van der Waals surface area contributed by atoms with Crippen LogP contribution in [0.3, 0.4) is 0 Å². The summed E-state index contributed by atoms with van der Waals surface area (Å²) < 4.78 is 0. The molecule has 0 fully saturated rings. The monoisotopic (exact) mass is 337 g/mol. The maximum atomic E-state index is 12.1. The van der Waals surface area contributed by atoms with Crippen molar-refractivity contribution in [2.45, 2.75) is 0 Å². The van der Waals surface area contributed by atoms with Crippen LogP contribution in [0.1, 0.15) is 31.8 Å². The van der Waals surface area contributed by atoms with Crippen molar-refractivity contribution in [2.75, 3.05) is 0 Å². The second-order valence-corrected chi connectivity index (χ2v) is 5.95. The number of hydrogen-bond donors (Lipinski definition) is 0. The minimum Gasteiger partial charge on any atom is -0.289 e. The molecular formula is C23H15NO2. The third-order valence-electron chi connectivity index (χ3n) is 4.34. The number of aromatic nitrogens is 1. The van der Waals surface area contributed by atoms with E-state index >= 15 is 0 Å². The zero-order valence-corrected chi connectivity index (χ0v) is 13.9. The Morgan fingerprint density at radius 1 is 0.500 bits per heavy atom. The zero-order valence-electron chi connectivity index (χ0n) is 13.9. The molecule has 0 amide bonds. The maximum absolute atomic E-state index is 12.1. The van der Waals surface area contributed by atoms with Gasteiger partial charge in [0.05, 0.1) is 5.52 Å². The van der Waals surface area contributed by atoms with E-state index in [9.17, 15) is 9.59 Å². The van der Waals surface area contributed by atoms with Gasteiger partial charge in [-0.25, -0.2) is 0 Å². The molecule has 124 valence electrons. The molecule has 1 heterocycles. The highest BCUT2D eigenvalue weighted by atomic mass is 16.1. The van der Waals surface area contributed by atoms with E-state index in [2.05, 4.69) is 17.1 Å². The molecule has 3 aromatic carbocycles. The molecule has 0 bridgehead atoms. The van der Waals surface area contributed by atoms with E-state index in [1.165, 1.54) is 5.39 Å². The zero-order chi connectivity index (χ0) is 17.9. The van der Waals surface area contributed by atoms with Gasteiger partial charge in [-0.1, -0.05) is 72.8 Å². The molecule has 0 saturated heterocycles. The van der Waals surface area contributed by atoms with Crippen LogP contribution < -0.4 is 0 Å². The third kappa shape index (κ3) is 2.80. The van der Waals surface area contributed by atoms with Crippen LogP contribution in [0.15, 0.2) is 91.1 Å². The number of ketones is 2. The van der Waals surface area contributed by atoms with Gasteiger partial charge in [-0.3, -0.25) is 14.6 Å². The van der Waals surface area contributed by atoms with Crippen molar-refractivity contribution in [3.63, 3.8) is 0 Å². The Hall–Kier alpha value is -3.59. The Kier molecular flexibility index (Phi) is 4.12. The molecular weight excluding hydrogens is 322 g/mol. The number of hydrogen-bond acceptors (Lipinski definition) is 3. The number of nitrogens with zero attached hydrogens (tertiary/aromatic N) is 1. The predicted octanol–water partition coefficient (Wildman–Crippen LogP) is 4.70. The van der Waals surface area contributed by atoms with Crippen LogP contribution >= 0.6 is 0 Å². The highest BCUT2D eigenvalue weighted by molar-refractivity contribution is 6.28. The molecule has 0 radical (unpaired) electrons. The normalized spacial score (nSPS) is 12.0. The fourth-order valence-electron chi connectivity index (χ4n) is 3.06. The van der Waals surface area contributed by atoms with Gasteiger partial charge in [0.2, 0.25) is 0 Å². The highest BCUT2D eigenvalue weighted by Crippen LogP contribution is 2.26. The van der Waals surface area contributed by atoms with E-state index in [0.29, 0.717) is 22.3 Å². The lowest BCUT2D eigenvalue weighted by molar-refractivity contribution is 0.0979. The van der Waals surface area contributed by atoms with Crippen molar-refractivity contribution in [2.24, 2.45) is 0 Å². The molecule has 0 saturated carbocycles. The van der Waals surface area contributed by atoms with Crippen LogP contribution in [0.2, 0.25) is 0 Å². The van der Waals surface area contributed by atoms with Crippen molar-refractivity contribution >= 4 is 22.5 Å².